The maximum absolute atomic E-state index is 6.19. The van der Waals surface area contributed by atoms with Crippen LogP contribution in [0.5, 0.6) is 0 Å². The van der Waals surface area contributed by atoms with E-state index in [2.05, 4.69) is 38.8 Å². The fourth-order valence-electron chi connectivity index (χ4n) is 3.04. The van der Waals surface area contributed by atoms with E-state index in [9.17, 15) is 0 Å². The van der Waals surface area contributed by atoms with Crippen LogP contribution in [0, 0.1) is 0 Å². The second-order valence-corrected chi connectivity index (χ2v) is 7.67. The molecule has 3 rings (SSSR count). The zero-order chi connectivity index (χ0) is 18.2. The molecule has 0 aliphatic carbocycles. The molecule has 2 heterocycles. The van der Waals surface area contributed by atoms with E-state index < -0.39 is 0 Å². The topological polar surface area (TPSA) is 62.9 Å². The largest absolute Gasteiger partial charge is 0.379 e. The van der Waals surface area contributed by atoms with Gasteiger partial charge in [0.05, 0.1) is 25.8 Å². The summed E-state index contributed by atoms with van der Waals surface area (Å²) >= 11 is 7.95. The number of ether oxygens (including phenoxy) is 1. The molecule has 1 fully saturated rings. The molecule has 27 heavy (non-hydrogen) atoms. The first-order valence-electron chi connectivity index (χ1n) is 8.86. The van der Waals surface area contributed by atoms with Gasteiger partial charge < -0.3 is 15.8 Å². The van der Waals surface area contributed by atoms with Crippen molar-refractivity contribution in [2.75, 3.05) is 39.4 Å². The van der Waals surface area contributed by atoms with Crippen molar-refractivity contribution >= 4 is 52.9 Å². The Morgan fingerprint density at radius 3 is 2.81 bits per heavy atom. The van der Waals surface area contributed by atoms with Gasteiger partial charge in [-0.3, -0.25) is 9.89 Å². The summed E-state index contributed by atoms with van der Waals surface area (Å²) in [6, 6.07) is 12.3. The van der Waals surface area contributed by atoms with Gasteiger partial charge in [0.1, 0.15) is 0 Å². The highest BCUT2D eigenvalue weighted by Crippen LogP contribution is 2.24. The molecule has 1 atom stereocenters. The molecule has 3 N–H and O–H groups in total. The van der Waals surface area contributed by atoms with Gasteiger partial charge >= 0.3 is 0 Å². The van der Waals surface area contributed by atoms with Crippen molar-refractivity contribution in [3.8, 4) is 0 Å². The van der Waals surface area contributed by atoms with E-state index in [1.54, 1.807) is 11.3 Å². The van der Waals surface area contributed by atoms with Gasteiger partial charge in [0.2, 0.25) is 0 Å². The van der Waals surface area contributed by atoms with Gasteiger partial charge in [0.15, 0.2) is 5.96 Å². The van der Waals surface area contributed by atoms with E-state index in [1.165, 1.54) is 4.88 Å². The number of hydrogen-bond acceptors (Lipinski definition) is 4. The third-order valence-corrected chi connectivity index (χ3v) is 5.58. The van der Waals surface area contributed by atoms with Crippen LogP contribution in [0.1, 0.15) is 16.5 Å². The number of aliphatic imine (C=N–C) groups is 1. The van der Waals surface area contributed by atoms with Crippen LogP contribution in [-0.4, -0.2) is 50.3 Å². The van der Waals surface area contributed by atoms with Gasteiger partial charge in [-0.25, -0.2) is 0 Å². The lowest BCUT2D eigenvalue weighted by molar-refractivity contribution is 0.0180. The lowest BCUT2D eigenvalue weighted by Crippen LogP contribution is -2.41. The molecular formula is C19H26ClIN4OS. The predicted octanol–water partition coefficient (Wildman–Crippen LogP) is 3.54. The van der Waals surface area contributed by atoms with Crippen LogP contribution in [0.3, 0.4) is 0 Å². The summed E-state index contributed by atoms with van der Waals surface area (Å²) in [7, 11) is 0. The number of nitrogens with zero attached hydrogens (tertiary/aromatic N) is 2. The SMILES string of the molecule is I.NC(=NCC(c1cccc(Cl)c1)N1CCOCC1)NCCc1cccs1. The van der Waals surface area contributed by atoms with Gasteiger partial charge in [-0.1, -0.05) is 29.8 Å². The van der Waals surface area contributed by atoms with Crippen LogP contribution >= 0.6 is 46.9 Å². The minimum absolute atomic E-state index is 0. The van der Waals surface area contributed by atoms with Crippen LogP contribution in [0.25, 0.3) is 0 Å². The Kier molecular flexibility index (Phi) is 9.84. The average molecular weight is 521 g/mol. The highest BCUT2D eigenvalue weighted by atomic mass is 127. The van der Waals surface area contributed by atoms with E-state index in [0.29, 0.717) is 12.5 Å². The lowest BCUT2D eigenvalue weighted by atomic mass is 10.0. The molecule has 5 nitrogen and oxygen atoms in total. The Morgan fingerprint density at radius 2 is 2.11 bits per heavy atom. The first kappa shape index (κ1) is 22.4. The summed E-state index contributed by atoms with van der Waals surface area (Å²) in [4.78, 5) is 8.32. The van der Waals surface area contributed by atoms with Crippen molar-refractivity contribution in [2.24, 2.45) is 10.7 Å². The molecule has 1 unspecified atom stereocenters. The van der Waals surface area contributed by atoms with Crippen molar-refractivity contribution in [2.45, 2.75) is 12.5 Å². The Hall–Kier alpha value is -0.870. The smallest absolute Gasteiger partial charge is 0.188 e. The number of morpholine rings is 1. The van der Waals surface area contributed by atoms with Crippen molar-refractivity contribution in [3.63, 3.8) is 0 Å². The summed E-state index contributed by atoms with van der Waals surface area (Å²) in [5.41, 5.74) is 7.23. The van der Waals surface area contributed by atoms with E-state index >= 15 is 0 Å². The maximum Gasteiger partial charge on any atom is 0.188 e. The second-order valence-electron chi connectivity index (χ2n) is 6.20. The molecule has 148 valence electrons. The number of rotatable bonds is 7. The molecule has 2 aromatic rings. The molecule has 1 aliphatic rings. The van der Waals surface area contributed by atoms with Gasteiger partial charge in [-0.05, 0) is 35.6 Å². The zero-order valence-electron chi connectivity index (χ0n) is 15.1. The molecular weight excluding hydrogens is 495 g/mol. The highest BCUT2D eigenvalue weighted by Gasteiger charge is 2.22. The molecule has 0 amide bonds. The van der Waals surface area contributed by atoms with Gasteiger partial charge in [-0.2, -0.15) is 0 Å². The van der Waals surface area contributed by atoms with Crippen molar-refractivity contribution in [1.82, 2.24) is 10.2 Å². The molecule has 8 heteroatoms. The molecule has 0 radical (unpaired) electrons. The molecule has 1 aromatic heterocycles. The number of thiophene rings is 1. The van der Waals surface area contributed by atoms with Crippen LogP contribution in [-0.2, 0) is 11.2 Å². The van der Waals surface area contributed by atoms with E-state index in [0.717, 1.165) is 49.9 Å². The quantitative estimate of drug-likeness (QED) is 0.333. The van der Waals surface area contributed by atoms with Crippen LogP contribution in [0.2, 0.25) is 5.02 Å². The molecule has 1 saturated heterocycles. The van der Waals surface area contributed by atoms with Crippen LogP contribution in [0.15, 0.2) is 46.8 Å². The molecule has 0 bridgehead atoms. The maximum atomic E-state index is 6.19. The van der Waals surface area contributed by atoms with Crippen molar-refractivity contribution in [1.29, 1.82) is 0 Å². The molecule has 0 spiro atoms. The average Bonchev–Trinajstić information content (AvgIpc) is 3.16. The first-order chi connectivity index (χ1) is 12.7. The monoisotopic (exact) mass is 520 g/mol. The summed E-state index contributed by atoms with van der Waals surface area (Å²) in [6.07, 6.45) is 0.953. The highest BCUT2D eigenvalue weighted by molar-refractivity contribution is 14.0. The number of nitrogens with one attached hydrogen (secondary N) is 1. The Morgan fingerprint density at radius 1 is 1.30 bits per heavy atom. The third kappa shape index (κ3) is 7.23. The van der Waals surface area contributed by atoms with Gasteiger partial charge in [0.25, 0.3) is 0 Å². The fraction of sp³-hybridized carbons (Fsp3) is 0.421. The minimum Gasteiger partial charge on any atom is -0.379 e. The van der Waals surface area contributed by atoms with E-state index in [4.69, 9.17) is 22.1 Å². The Labute approximate surface area is 187 Å². The lowest BCUT2D eigenvalue weighted by Gasteiger charge is -2.34. The van der Waals surface area contributed by atoms with Gasteiger partial charge in [0, 0.05) is 29.5 Å². The predicted molar refractivity (Wildman–Crippen MR) is 125 cm³/mol. The van der Waals surface area contributed by atoms with E-state index in [-0.39, 0.29) is 30.0 Å². The number of nitrogens with two attached hydrogens (primary N) is 1. The second kappa shape index (κ2) is 11.9. The van der Waals surface area contributed by atoms with Crippen LogP contribution < -0.4 is 11.1 Å². The number of guanidine groups is 1. The fourth-order valence-corrected chi connectivity index (χ4v) is 3.95. The minimum atomic E-state index is 0. The van der Waals surface area contributed by atoms with E-state index in [1.807, 2.05) is 18.2 Å². The third-order valence-electron chi connectivity index (χ3n) is 4.41. The van der Waals surface area contributed by atoms with Crippen molar-refractivity contribution in [3.05, 3.63) is 57.2 Å². The number of hydrogen-bond donors (Lipinski definition) is 2. The normalized spacial score (nSPS) is 16.6. The summed E-state index contributed by atoms with van der Waals surface area (Å²) in [5, 5.41) is 6.04. The Balaban J connectivity index is 0.00000261. The summed E-state index contributed by atoms with van der Waals surface area (Å²) in [5.74, 6) is 0.488. The molecule has 1 aliphatic heterocycles. The summed E-state index contributed by atoms with van der Waals surface area (Å²) < 4.78 is 5.48. The first-order valence-corrected chi connectivity index (χ1v) is 10.1. The van der Waals surface area contributed by atoms with Crippen molar-refractivity contribution < 1.29 is 4.74 Å². The Bertz CT molecular complexity index is 707. The summed E-state index contributed by atoms with van der Waals surface area (Å²) in [6.45, 7) is 4.65. The van der Waals surface area contributed by atoms with Gasteiger partial charge in [-0.15, -0.1) is 35.3 Å². The standard InChI is InChI=1S/C19H25ClN4OS.HI/c20-16-4-1-3-15(13-16)18(24-8-10-25-11-9-24)14-23-19(21)22-7-6-17-5-2-12-26-17;/h1-5,12-13,18H,6-11,14H2,(H3,21,22,23);1H. The number of benzene rings is 1. The zero-order valence-corrected chi connectivity index (χ0v) is 19.0. The molecule has 0 saturated carbocycles. The molecule has 1 aromatic carbocycles. The van der Waals surface area contributed by atoms with Crippen LogP contribution in [0.4, 0.5) is 0 Å². The number of halogens is 2.